The summed E-state index contributed by atoms with van der Waals surface area (Å²) in [5, 5.41) is 0. The van der Waals surface area contributed by atoms with Crippen molar-refractivity contribution in [1.29, 1.82) is 0 Å². The third kappa shape index (κ3) is 2.73. The van der Waals surface area contributed by atoms with Crippen LogP contribution in [0.3, 0.4) is 0 Å². The van der Waals surface area contributed by atoms with Crippen LogP contribution in [0, 0.1) is 5.92 Å². The van der Waals surface area contributed by atoms with Gasteiger partial charge in [-0.15, -0.1) is 24.8 Å². The van der Waals surface area contributed by atoms with E-state index in [1.165, 1.54) is 0 Å². The second kappa shape index (κ2) is 4.99. The zero-order chi connectivity index (χ0) is 8.77. The summed E-state index contributed by atoms with van der Waals surface area (Å²) in [5.74, 6) is 1.13. The van der Waals surface area contributed by atoms with Crippen LogP contribution < -0.4 is 5.73 Å². The van der Waals surface area contributed by atoms with Gasteiger partial charge in [0.15, 0.2) is 9.84 Å². The average molecular weight is 263 g/mol. The van der Waals surface area contributed by atoms with Gasteiger partial charge in [0.25, 0.3) is 0 Å². The lowest BCUT2D eigenvalue weighted by Crippen LogP contribution is -2.25. The summed E-state index contributed by atoms with van der Waals surface area (Å²) >= 11 is 0. The summed E-state index contributed by atoms with van der Waals surface area (Å²) in [6.45, 7) is 1.56. The van der Waals surface area contributed by atoms with Gasteiger partial charge < -0.3 is 5.73 Å². The number of fused-ring (bicyclic) bond motifs is 1. The highest BCUT2D eigenvalue weighted by molar-refractivity contribution is 7.91. The lowest BCUT2D eigenvalue weighted by molar-refractivity contribution is 0.331. The highest BCUT2D eigenvalue weighted by Gasteiger charge is 2.41. The molecule has 2 fully saturated rings. The molecule has 0 radical (unpaired) electrons. The van der Waals surface area contributed by atoms with Crippen LogP contribution in [0.4, 0.5) is 0 Å². The van der Waals surface area contributed by atoms with Gasteiger partial charge in [-0.2, -0.15) is 0 Å². The fourth-order valence-electron chi connectivity index (χ4n) is 2.19. The fraction of sp³-hybridized carbons (Fsp3) is 1.00. The number of hydrogen-bond acceptors (Lipinski definition) is 4. The van der Waals surface area contributed by atoms with Crippen LogP contribution in [0.5, 0.6) is 0 Å². The quantitative estimate of drug-likeness (QED) is 0.715. The van der Waals surface area contributed by atoms with Gasteiger partial charge in [0, 0.05) is 12.6 Å². The van der Waals surface area contributed by atoms with Gasteiger partial charge in [-0.3, -0.25) is 4.90 Å². The van der Waals surface area contributed by atoms with E-state index in [2.05, 4.69) is 0 Å². The van der Waals surface area contributed by atoms with Crippen LogP contribution >= 0.6 is 24.8 Å². The standard InChI is InChI=1S/C7H14N2O2S.2ClH/c8-2-6-1-7-4-12(10,11)5-9(7)3-6;;/h6-7H,1-5,8H2;2*1H. The third-order valence-electron chi connectivity index (χ3n) is 2.76. The molecule has 2 aliphatic heterocycles. The maximum absolute atomic E-state index is 11.2. The van der Waals surface area contributed by atoms with E-state index < -0.39 is 9.84 Å². The molecule has 2 N–H and O–H groups in total. The molecule has 2 saturated heterocycles. The number of halogens is 2. The molecule has 0 aliphatic carbocycles. The minimum absolute atomic E-state index is 0. The Bertz CT molecular complexity index is 263. The second-order valence-corrected chi connectivity index (χ2v) is 5.88. The van der Waals surface area contributed by atoms with Crippen molar-refractivity contribution in [2.45, 2.75) is 12.5 Å². The van der Waals surface area contributed by atoms with Crippen LogP contribution in [0.1, 0.15) is 6.42 Å². The number of sulfone groups is 1. The molecule has 2 unspecified atom stereocenters. The molecule has 86 valence electrons. The van der Waals surface area contributed by atoms with Crippen molar-refractivity contribution in [3.05, 3.63) is 0 Å². The zero-order valence-corrected chi connectivity index (χ0v) is 10.2. The molecule has 14 heavy (non-hydrogen) atoms. The molecule has 0 bridgehead atoms. The molecule has 0 aromatic carbocycles. The van der Waals surface area contributed by atoms with E-state index in [0.29, 0.717) is 18.2 Å². The molecule has 2 heterocycles. The van der Waals surface area contributed by atoms with Gasteiger partial charge in [-0.25, -0.2) is 8.42 Å². The molecule has 0 aromatic heterocycles. The van der Waals surface area contributed by atoms with E-state index in [9.17, 15) is 8.42 Å². The summed E-state index contributed by atoms with van der Waals surface area (Å²) in [7, 11) is -2.75. The zero-order valence-electron chi connectivity index (χ0n) is 7.76. The normalized spacial score (nSPS) is 34.4. The maximum Gasteiger partial charge on any atom is 0.164 e. The summed E-state index contributed by atoms with van der Waals surface area (Å²) in [4.78, 5) is 2.05. The number of nitrogens with two attached hydrogens (primary N) is 1. The minimum atomic E-state index is -2.75. The molecule has 4 nitrogen and oxygen atoms in total. The average Bonchev–Trinajstić information content (AvgIpc) is 2.40. The molecular formula is C7H16Cl2N2O2S. The largest absolute Gasteiger partial charge is 0.330 e. The van der Waals surface area contributed by atoms with Gasteiger partial charge in [0.05, 0.1) is 5.75 Å². The monoisotopic (exact) mass is 262 g/mol. The number of rotatable bonds is 1. The van der Waals surface area contributed by atoms with E-state index in [1.807, 2.05) is 4.90 Å². The maximum atomic E-state index is 11.2. The fourth-order valence-corrected chi connectivity index (χ4v) is 4.05. The molecule has 2 rings (SSSR count). The minimum Gasteiger partial charge on any atom is -0.330 e. The SMILES string of the molecule is Cl.Cl.NCC1CC2CS(=O)(=O)CN2C1. The van der Waals surface area contributed by atoms with Gasteiger partial charge in [0.1, 0.15) is 5.88 Å². The lowest BCUT2D eigenvalue weighted by Gasteiger charge is -2.10. The molecule has 0 spiro atoms. The highest BCUT2D eigenvalue weighted by Crippen LogP contribution is 2.29. The first-order valence-electron chi connectivity index (χ1n) is 4.25. The van der Waals surface area contributed by atoms with Crippen LogP contribution in [0.2, 0.25) is 0 Å². The molecule has 0 aromatic rings. The Hall–Kier alpha value is 0.450. The Balaban J connectivity index is 0.000000845. The Kier molecular flexibility index (Phi) is 5.15. The third-order valence-corrected chi connectivity index (χ3v) is 4.37. The Morgan fingerprint density at radius 3 is 2.50 bits per heavy atom. The molecular weight excluding hydrogens is 247 g/mol. The van der Waals surface area contributed by atoms with Crippen LogP contribution in [-0.2, 0) is 9.84 Å². The van der Waals surface area contributed by atoms with Gasteiger partial charge >= 0.3 is 0 Å². The molecule has 0 saturated carbocycles. The first kappa shape index (κ1) is 14.5. The van der Waals surface area contributed by atoms with Gasteiger partial charge in [-0.1, -0.05) is 0 Å². The lowest BCUT2D eigenvalue weighted by atomic mass is 10.1. The predicted octanol–water partition coefficient (Wildman–Crippen LogP) is -0.135. The predicted molar refractivity (Wildman–Crippen MR) is 60.8 cm³/mol. The summed E-state index contributed by atoms with van der Waals surface area (Å²) in [6.07, 6.45) is 0.968. The van der Waals surface area contributed by atoms with Crippen molar-refractivity contribution < 1.29 is 8.42 Å². The Labute approximate surface area is 96.9 Å². The highest BCUT2D eigenvalue weighted by atomic mass is 35.5. The Morgan fingerprint density at radius 2 is 2.00 bits per heavy atom. The molecule has 7 heteroatoms. The van der Waals surface area contributed by atoms with E-state index in [0.717, 1.165) is 13.0 Å². The number of hydrogen-bond donors (Lipinski definition) is 1. The van der Waals surface area contributed by atoms with Crippen LogP contribution in [0.15, 0.2) is 0 Å². The van der Waals surface area contributed by atoms with Crippen LogP contribution in [-0.4, -0.2) is 44.1 Å². The molecule has 0 amide bonds. The van der Waals surface area contributed by atoms with Crippen molar-refractivity contribution in [2.24, 2.45) is 11.7 Å². The van der Waals surface area contributed by atoms with Crippen molar-refractivity contribution in [3.63, 3.8) is 0 Å². The number of nitrogens with zero attached hydrogens (tertiary/aromatic N) is 1. The van der Waals surface area contributed by atoms with Gasteiger partial charge in [-0.05, 0) is 18.9 Å². The van der Waals surface area contributed by atoms with E-state index in [1.54, 1.807) is 0 Å². The van der Waals surface area contributed by atoms with E-state index in [4.69, 9.17) is 5.73 Å². The summed E-state index contributed by atoms with van der Waals surface area (Å²) in [5.41, 5.74) is 5.53. The molecule has 2 atom stereocenters. The summed E-state index contributed by atoms with van der Waals surface area (Å²) in [6, 6.07) is 0.267. The molecule has 2 aliphatic rings. The summed E-state index contributed by atoms with van der Waals surface area (Å²) < 4.78 is 22.3. The first-order valence-corrected chi connectivity index (χ1v) is 6.07. The second-order valence-electron chi connectivity index (χ2n) is 3.80. The first-order chi connectivity index (χ1) is 5.61. The van der Waals surface area contributed by atoms with Crippen LogP contribution in [0.25, 0.3) is 0 Å². The Morgan fingerprint density at radius 1 is 1.36 bits per heavy atom. The van der Waals surface area contributed by atoms with Crippen molar-refractivity contribution in [2.75, 3.05) is 24.7 Å². The van der Waals surface area contributed by atoms with E-state index in [-0.39, 0.29) is 36.7 Å². The van der Waals surface area contributed by atoms with Crippen molar-refractivity contribution >= 4 is 34.7 Å². The van der Waals surface area contributed by atoms with Crippen molar-refractivity contribution in [1.82, 2.24) is 4.90 Å². The van der Waals surface area contributed by atoms with Crippen molar-refractivity contribution in [3.8, 4) is 0 Å². The van der Waals surface area contributed by atoms with E-state index >= 15 is 0 Å². The topological polar surface area (TPSA) is 63.4 Å². The van der Waals surface area contributed by atoms with Gasteiger partial charge in [0.2, 0.25) is 0 Å². The smallest absolute Gasteiger partial charge is 0.164 e.